The third-order valence-corrected chi connectivity index (χ3v) is 3.97. The molecule has 0 aromatic carbocycles. The highest BCUT2D eigenvalue weighted by molar-refractivity contribution is 5.23. The normalized spacial score (nSPS) is 20.0. The Morgan fingerprint density at radius 2 is 2.18 bits per heavy atom. The van der Waals surface area contributed by atoms with Gasteiger partial charge in [0.15, 0.2) is 0 Å². The lowest BCUT2D eigenvalue weighted by Crippen LogP contribution is -2.48. The van der Waals surface area contributed by atoms with Crippen LogP contribution in [0.2, 0.25) is 0 Å². The summed E-state index contributed by atoms with van der Waals surface area (Å²) in [4.78, 5) is 0. The maximum absolute atomic E-state index is 5.61. The van der Waals surface area contributed by atoms with Gasteiger partial charge < -0.3 is 14.5 Å². The Morgan fingerprint density at radius 3 is 2.59 bits per heavy atom. The number of rotatable bonds is 5. The molecule has 0 bridgehead atoms. The van der Waals surface area contributed by atoms with Crippen LogP contribution >= 0.6 is 0 Å². The maximum Gasteiger partial charge on any atom is 0.105 e. The van der Waals surface area contributed by atoms with Gasteiger partial charge in [0.1, 0.15) is 11.5 Å². The Hall–Kier alpha value is -0.800. The fraction of sp³-hybridized carbons (Fsp3) is 0.714. The van der Waals surface area contributed by atoms with Crippen molar-refractivity contribution in [3.05, 3.63) is 23.2 Å². The molecule has 1 aromatic heterocycles. The van der Waals surface area contributed by atoms with Gasteiger partial charge >= 0.3 is 0 Å². The first-order chi connectivity index (χ1) is 8.06. The molecule has 3 heteroatoms. The molecule has 1 fully saturated rings. The SMILES string of the molecule is COC1(CNC(C)c2cc(C)oc2C)CCC1. The molecule has 1 saturated carbocycles. The Labute approximate surface area is 104 Å². The monoisotopic (exact) mass is 237 g/mol. The minimum atomic E-state index is 0.0843. The van der Waals surface area contributed by atoms with E-state index in [-0.39, 0.29) is 5.60 Å². The standard InChI is InChI=1S/C14H23NO2/c1-10-8-13(12(3)17-10)11(2)15-9-14(16-4)6-5-7-14/h8,11,15H,5-7,9H2,1-4H3. The molecule has 1 N–H and O–H groups in total. The molecule has 0 saturated heterocycles. The second-order valence-electron chi connectivity index (χ2n) is 5.21. The van der Waals surface area contributed by atoms with Crippen LogP contribution in [-0.4, -0.2) is 19.3 Å². The molecule has 3 nitrogen and oxygen atoms in total. The molecule has 17 heavy (non-hydrogen) atoms. The molecule has 0 amide bonds. The Balaban J connectivity index is 1.93. The fourth-order valence-corrected chi connectivity index (χ4v) is 2.55. The summed E-state index contributed by atoms with van der Waals surface area (Å²) < 4.78 is 11.2. The Bertz CT molecular complexity index is 374. The van der Waals surface area contributed by atoms with Gasteiger partial charge in [-0.05, 0) is 46.1 Å². The molecular formula is C14H23NO2. The summed E-state index contributed by atoms with van der Waals surface area (Å²) >= 11 is 0. The predicted octanol–water partition coefficient (Wildman–Crippen LogP) is 3.12. The van der Waals surface area contributed by atoms with Crippen LogP contribution < -0.4 is 5.32 Å². The molecule has 96 valence electrons. The van der Waals surface area contributed by atoms with Crippen LogP contribution in [0.5, 0.6) is 0 Å². The largest absolute Gasteiger partial charge is 0.466 e. The van der Waals surface area contributed by atoms with Crippen LogP contribution in [-0.2, 0) is 4.74 Å². The summed E-state index contributed by atoms with van der Waals surface area (Å²) in [7, 11) is 1.82. The summed E-state index contributed by atoms with van der Waals surface area (Å²) in [5.74, 6) is 2.00. The van der Waals surface area contributed by atoms with E-state index >= 15 is 0 Å². The van der Waals surface area contributed by atoms with Crippen molar-refractivity contribution in [2.75, 3.05) is 13.7 Å². The predicted molar refractivity (Wildman–Crippen MR) is 68.2 cm³/mol. The second-order valence-corrected chi connectivity index (χ2v) is 5.21. The van der Waals surface area contributed by atoms with Gasteiger partial charge in [-0.1, -0.05) is 0 Å². The van der Waals surface area contributed by atoms with E-state index in [1.165, 1.54) is 24.8 Å². The zero-order valence-corrected chi connectivity index (χ0v) is 11.3. The van der Waals surface area contributed by atoms with E-state index in [0.717, 1.165) is 18.1 Å². The third kappa shape index (κ3) is 2.55. The number of ether oxygens (including phenoxy) is 1. The van der Waals surface area contributed by atoms with Crippen LogP contribution in [0.1, 0.15) is 49.3 Å². The first kappa shape index (κ1) is 12.7. The number of furan rings is 1. The summed E-state index contributed by atoms with van der Waals surface area (Å²) in [5, 5.41) is 3.56. The number of aryl methyl sites for hydroxylation is 2. The Morgan fingerprint density at radius 1 is 1.47 bits per heavy atom. The molecule has 1 aliphatic carbocycles. The quantitative estimate of drug-likeness (QED) is 0.854. The minimum Gasteiger partial charge on any atom is -0.466 e. The van der Waals surface area contributed by atoms with E-state index < -0.39 is 0 Å². The summed E-state index contributed by atoms with van der Waals surface area (Å²) in [6.07, 6.45) is 3.63. The van der Waals surface area contributed by atoms with Gasteiger partial charge in [0.25, 0.3) is 0 Å². The molecule has 1 heterocycles. The minimum absolute atomic E-state index is 0.0843. The summed E-state index contributed by atoms with van der Waals surface area (Å²) in [6.45, 7) is 7.12. The number of nitrogens with one attached hydrogen (secondary N) is 1. The van der Waals surface area contributed by atoms with Crippen LogP contribution in [0.3, 0.4) is 0 Å². The van der Waals surface area contributed by atoms with Gasteiger partial charge in [0, 0.05) is 25.3 Å². The lowest BCUT2D eigenvalue weighted by Gasteiger charge is -2.41. The molecule has 2 rings (SSSR count). The van der Waals surface area contributed by atoms with Crippen molar-refractivity contribution < 1.29 is 9.15 Å². The molecule has 1 aliphatic rings. The lowest BCUT2D eigenvalue weighted by molar-refractivity contribution is -0.0706. The van der Waals surface area contributed by atoms with Gasteiger partial charge in [0.05, 0.1) is 5.60 Å². The maximum atomic E-state index is 5.61. The van der Waals surface area contributed by atoms with Gasteiger partial charge in [-0.25, -0.2) is 0 Å². The number of methoxy groups -OCH3 is 1. The van der Waals surface area contributed by atoms with E-state index in [4.69, 9.17) is 9.15 Å². The number of hydrogen-bond acceptors (Lipinski definition) is 3. The highest BCUT2D eigenvalue weighted by Crippen LogP contribution is 2.35. The van der Waals surface area contributed by atoms with E-state index in [1.54, 1.807) is 0 Å². The smallest absolute Gasteiger partial charge is 0.105 e. The van der Waals surface area contributed by atoms with Crippen molar-refractivity contribution in [3.63, 3.8) is 0 Å². The first-order valence-electron chi connectivity index (χ1n) is 6.42. The molecular weight excluding hydrogens is 214 g/mol. The highest BCUT2D eigenvalue weighted by Gasteiger charge is 2.37. The molecule has 0 spiro atoms. The van der Waals surface area contributed by atoms with Crippen molar-refractivity contribution in [2.45, 2.75) is 51.7 Å². The van der Waals surface area contributed by atoms with Crippen LogP contribution in [0, 0.1) is 13.8 Å². The molecule has 1 aromatic rings. The van der Waals surface area contributed by atoms with E-state index in [0.29, 0.717) is 6.04 Å². The molecule has 1 atom stereocenters. The lowest BCUT2D eigenvalue weighted by atomic mass is 9.80. The van der Waals surface area contributed by atoms with Gasteiger partial charge in [-0.15, -0.1) is 0 Å². The number of hydrogen-bond donors (Lipinski definition) is 1. The van der Waals surface area contributed by atoms with Crippen LogP contribution in [0.25, 0.3) is 0 Å². The topological polar surface area (TPSA) is 34.4 Å². The van der Waals surface area contributed by atoms with Crippen molar-refractivity contribution in [1.29, 1.82) is 0 Å². The average molecular weight is 237 g/mol. The van der Waals surface area contributed by atoms with Crippen LogP contribution in [0.15, 0.2) is 10.5 Å². The zero-order chi connectivity index (χ0) is 12.5. The summed E-state index contributed by atoms with van der Waals surface area (Å²) in [6, 6.07) is 2.44. The Kier molecular flexibility index (Phi) is 3.59. The van der Waals surface area contributed by atoms with Crippen molar-refractivity contribution in [2.24, 2.45) is 0 Å². The highest BCUT2D eigenvalue weighted by atomic mass is 16.5. The van der Waals surface area contributed by atoms with E-state index in [1.807, 2.05) is 21.0 Å². The molecule has 0 radical (unpaired) electrons. The third-order valence-electron chi connectivity index (χ3n) is 3.97. The first-order valence-corrected chi connectivity index (χ1v) is 6.42. The van der Waals surface area contributed by atoms with E-state index in [9.17, 15) is 0 Å². The van der Waals surface area contributed by atoms with E-state index in [2.05, 4.69) is 18.3 Å². The van der Waals surface area contributed by atoms with Gasteiger partial charge in [-0.2, -0.15) is 0 Å². The summed E-state index contributed by atoms with van der Waals surface area (Å²) in [5.41, 5.74) is 1.34. The van der Waals surface area contributed by atoms with Crippen molar-refractivity contribution >= 4 is 0 Å². The second kappa shape index (κ2) is 4.83. The van der Waals surface area contributed by atoms with Gasteiger partial charge in [-0.3, -0.25) is 0 Å². The van der Waals surface area contributed by atoms with Crippen molar-refractivity contribution in [1.82, 2.24) is 5.32 Å². The van der Waals surface area contributed by atoms with Crippen LogP contribution in [0.4, 0.5) is 0 Å². The molecule has 1 unspecified atom stereocenters. The van der Waals surface area contributed by atoms with Crippen molar-refractivity contribution in [3.8, 4) is 0 Å². The zero-order valence-electron chi connectivity index (χ0n) is 11.3. The molecule has 0 aliphatic heterocycles. The van der Waals surface area contributed by atoms with Gasteiger partial charge in [0.2, 0.25) is 0 Å². The average Bonchev–Trinajstić information content (AvgIpc) is 2.57. The fourth-order valence-electron chi connectivity index (χ4n) is 2.55.